The second-order valence-corrected chi connectivity index (χ2v) is 2.67. The van der Waals surface area contributed by atoms with Gasteiger partial charge in [0.25, 0.3) is 0 Å². The zero-order chi connectivity index (χ0) is 7.56. The van der Waals surface area contributed by atoms with Gasteiger partial charge in [-0.1, -0.05) is 12.1 Å². The van der Waals surface area contributed by atoms with Gasteiger partial charge in [0.1, 0.15) is 0 Å². The summed E-state index contributed by atoms with van der Waals surface area (Å²) in [5, 5.41) is 0. The van der Waals surface area contributed by atoms with Crippen molar-refractivity contribution in [2.75, 3.05) is 0 Å². The van der Waals surface area contributed by atoms with Gasteiger partial charge in [0.2, 0.25) is 0 Å². The van der Waals surface area contributed by atoms with Crippen molar-refractivity contribution in [1.82, 2.24) is 0 Å². The van der Waals surface area contributed by atoms with Crippen molar-refractivity contribution >= 4 is 11.6 Å². The molecule has 10 heavy (non-hydrogen) atoms. The molecule has 0 atom stereocenters. The van der Waals surface area contributed by atoms with Crippen LogP contribution < -0.4 is 0 Å². The van der Waals surface area contributed by atoms with Gasteiger partial charge in [-0.3, -0.25) is 0 Å². The Morgan fingerprint density at radius 3 is 2.70 bits per heavy atom. The first-order valence-electron chi connectivity index (χ1n) is 3.28. The summed E-state index contributed by atoms with van der Waals surface area (Å²) in [6.07, 6.45) is 0. The Bertz CT molecular complexity index is 228. The first-order chi connectivity index (χ1) is 4.75. The third-order valence-corrected chi connectivity index (χ3v) is 2.04. The predicted octanol–water partition coefficient (Wildman–Crippen LogP) is 2.84. The summed E-state index contributed by atoms with van der Waals surface area (Å²) in [6.45, 7) is 4.16. The third kappa shape index (κ3) is 1.32. The van der Waals surface area contributed by atoms with Gasteiger partial charge in [0.15, 0.2) is 0 Å². The summed E-state index contributed by atoms with van der Waals surface area (Å²) in [5.74, 6) is 0.563. The summed E-state index contributed by atoms with van der Waals surface area (Å²) in [5.41, 5.74) is 3.66. The number of hydrogen-bond donors (Lipinski definition) is 0. The Morgan fingerprint density at radius 2 is 2.20 bits per heavy atom. The van der Waals surface area contributed by atoms with E-state index in [1.807, 2.05) is 12.1 Å². The van der Waals surface area contributed by atoms with Crippen LogP contribution in [0.3, 0.4) is 0 Å². The van der Waals surface area contributed by atoms with Crippen molar-refractivity contribution in [3.63, 3.8) is 0 Å². The summed E-state index contributed by atoms with van der Waals surface area (Å²) in [7, 11) is 0. The molecule has 0 aliphatic carbocycles. The molecule has 1 rings (SSSR count). The van der Waals surface area contributed by atoms with E-state index in [9.17, 15) is 0 Å². The molecule has 0 aliphatic heterocycles. The first kappa shape index (κ1) is 7.62. The molecule has 0 nitrogen and oxygen atoms in total. The second-order valence-electron chi connectivity index (χ2n) is 2.40. The summed E-state index contributed by atoms with van der Waals surface area (Å²) >= 11 is 5.67. The molecular weight excluding hydrogens is 144 g/mol. The van der Waals surface area contributed by atoms with Gasteiger partial charge in [-0.2, -0.15) is 0 Å². The lowest BCUT2D eigenvalue weighted by Crippen LogP contribution is -1.87. The highest BCUT2D eigenvalue weighted by Crippen LogP contribution is 2.13. The molecule has 0 unspecified atom stereocenters. The van der Waals surface area contributed by atoms with E-state index >= 15 is 0 Å². The molecule has 0 spiro atoms. The normalized spacial score (nSPS) is 9.90. The highest BCUT2D eigenvalue weighted by atomic mass is 35.5. The van der Waals surface area contributed by atoms with Gasteiger partial charge < -0.3 is 0 Å². The molecule has 0 aromatic heterocycles. The minimum atomic E-state index is 0.563. The van der Waals surface area contributed by atoms with Crippen molar-refractivity contribution in [1.29, 1.82) is 0 Å². The molecule has 1 aromatic carbocycles. The van der Waals surface area contributed by atoms with E-state index in [0.717, 1.165) is 5.56 Å². The highest BCUT2D eigenvalue weighted by molar-refractivity contribution is 6.17. The van der Waals surface area contributed by atoms with Gasteiger partial charge in [-0.05, 0) is 36.6 Å². The minimum absolute atomic E-state index is 0.563. The fourth-order valence-electron chi connectivity index (χ4n) is 0.877. The lowest BCUT2D eigenvalue weighted by atomic mass is 10.1. The van der Waals surface area contributed by atoms with Crippen molar-refractivity contribution in [2.24, 2.45) is 0 Å². The topological polar surface area (TPSA) is 0 Å². The van der Waals surface area contributed by atoms with Gasteiger partial charge in [0.05, 0.1) is 0 Å². The average molecular weight is 154 g/mol. The maximum absolute atomic E-state index is 5.67. The van der Waals surface area contributed by atoms with Crippen LogP contribution in [0.25, 0.3) is 0 Å². The van der Waals surface area contributed by atoms with Gasteiger partial charge in [-0.25, -0.2) is 0 Å². The predicted molar refractivity (Wildman–Crippen MR) is 44.3 cm³/mol. The summed E-state index contributed by atoms with van der Waals surface area (Å²) in [4.78, 5) is 0. The molecular formula is C9H10Cl. The molecule has 0 aliphatic rings. The van der Waals surface area contributed by atoms with E-state index in [1.54, 1.807) is 0 Å². The number of alkyl halides is 1. The zero-order valence-corrected chi connectivity index (χ0v) is 7.00. The van der Waals surface area contributed by atoms with E-state index in [4.69, 9.17) is 11.6 Å². The van der Waals surface area contributed by atoms with E-state index in [1.165, 1.54) is 11.1 Å². The van der Waals surface area contributed by atoms with Crippen molar-refractivity contribution in [3.05, 3.63) is 34.9 Å². The fourth-order valence-corrected chi connectivity index (χ4v) is 1.15. The summed E-state index contributed by atoms with van der Waals surface area (Å²) < 4.78 is 0. The van der Waals surface area contributed by atoms with Crippen LogP contribution in [0.5, 0.6) is 0 Å². The van der Waals surface area contributed by atoms with E-state index in [0.29, 0.717) is 5.88 Å². The Labute approximate surface area is 66.8 Å². The van der Waals surface area contributed by atoms with Crippen molar-refractivity contribution < 1.29 is 0 Å². The number of hydrogen-bond acceptors (Lipinski definition) is 0. The van der Waals surface area contributed by atoms with Gasteiger partial charge in [-0.15, -0.1) is 11.6 Å². The molecule has 0 saturated carbocycles. The number of halogens is 1. The van der Waals surface area contributed by atoms with Crippen LogP contribution in [-0.4, -0.2) is 0 Å². The number of aryl methyl sites for hydroxylation is 1. The number of rotatable bonds is 1. The first-order valence-corrected chi connectivity index (χ1v) is 3.82. The monoisotopic (exact) mass is 153 g/mol. The van der Waals surface area contributed by atoms with E-state index in [-0.39, 0.29) is 0 Å². The molecule has 53 valence electrons. The molecule has 1 heteroatoms. The fraction of sp³-hybridized carbons (Fsp3) is 0.333. The van der Waals surface area contributed by atoms with Crippen LogP contribution in [0.15, 0.2) is 12.1 Å². The lowest BCUT2D eigenvalue weighted by molar-refractivity contribution is 1.24. The van der Waals surface area contributed by atoms with Crippen LogP contribution >= 0.6 is 11.6 Å². The Kier molecular flexibility index (Phi) is 2.34. The summed E-state index contributed by atoms with van der Waals surface area (Å²) in [6, 6.07) is 7.06. The van der Waals surface area contributed by atoms with Crippen LogP contribution in [0.1, 0.15) is 16.7 Å². The Morgan fingerprint density at radius 1 is 1.50 bits per heavy atom. The quantitative estimate of drug-likeness (QED) is 0.545. The largest absolute Gasteiger partial charge is 0.122 e. The lowest BCUT2D eigenvalue weighted by Gasteiger charge is -2.02. The number of benzene rings is 1. The SMILES string of the molecule is Cc1cc[c]c(CCl)c1C. The average Bonchev–Trinajstić information content (AvgIpc) is 1.95. The van der Waals surface area contributed by atoms with Gasteiger partial charge in [0, 0.05) is 5.88 Å². The zero-order valence-electron chi connectivity index (χ0n) is 6.24. The third-order valence-electron chi connectivity index (χ3n) is 1.77. The molecule has 0 bridgehead atoms. The molecule has 0 saturated heterocycles. The van der Waals surface area contributed by atoms with E-state index < -0.39 is 0 Å². The van der Waals surface area contributed by atoms with Gasteiger partial charge >= 0.3 is 0 Å². The van der Waals surface area contributed by atoms with E-state index in [2.05, 4.69) is 19.9 Å². The van der Waals surface area contributed by atoms with Crippen LogP contribution in [0.4, 0.5) is 0 Å². The second kappa shape index (κ2) is 3.07. The molecule has 0 amide bonds. The Hall–Kier alpha value is -0.490. The van der Waals surface area contributed by atoms with Crippen molar-refractivity contribution in [2.45, 2.75) is 19.7 Å². The van der Waals surface area contributed by atoms with Crippen LogP contribution in [0.2, 0.25) is 0 Å². The minimum Gasteiger partial charge on any atom is -0.122 e. The maximum Gasteiger partial charge on any atom is 0.0482 e. The standard InChI is InChI=1S/C9H10Cl/c1-7-4-3-5-9(6-10)8(7)2/h3-4H,6H2,1-2H3. The van der Waals surface area contributed by atoms with Crippen LogP contribution in [0, 0.1) is 19.9 Å². The van der Waals surface area contributed by atoms with Crippen molar-refractivity contribution in [3.8, 4) is 0 Å². The molecule has 0 N–H and O–H groups in total. The smallest absolute Gasteiger partial charge is 0.0482 e. The maximum atomic E-state index is 5.67. The molecule has 0 fully saturated rings. The molecule has 1 radical (unpaired) electrons. The molecule has 0 heterocycles. The Balaban J connectivity index is 3.14. The van der Waals surface area contributed by atoms with Crippen LogP contribution in [-0.2, 0) is 5.88 Å². The highest BCUT2D eigenvalue weighted by Gasteiger charge is 1.97. The molecule has 1 aromatic rings.